The van der Waals surface area contributed by atoms with Gasteiger partial charge in [0.05, 0.1) is 19.8 Å². The van der Waals surface area contributed by atoms with Crippen LogP contribution in [0, 0.1) is 0 Å². The van der Waals surface area contributed by atoms with E-state index in [0.717, 1.165) is 83.5 Å². The highest BCUT2D eigenvalue weighted by Gasteiger charge is 2.28. The Bertz CT molecular complexity index is 1400. The highest BCUT2D eigenvalue weighted by Crippen LogP contribution is 2.43. The second kappa shape index (κ2) is 46.2. The van der Waals surface area contributed by atoms with Crippen LogP contribution in [0.3, 0.4) is 0 Å². The summed E-state index contributed by atoms with van der Waals surface area (Å²) < 4.78 is 39.1. The lowest BCUT2D eigenvalue weighted by Crippen LogP contribution is -2.30. The van der Waals surface area contributed by atoms with Crippen molar-refractivity contribution >= 4 is 25.7 Å². The van der Waals surface area contributed by atoms with E-state index >= 15 is 0 Å². The molecule has 0 spiro atoms. The van der Waals surface area contributed by atoms with Gasteiger partial charge in [-0.3, -0.25) is 23.4 Å². The molecule has 3 atom stereocenters. The van der Waals surface area contributed by atoms with Gasteiger partial charge in [0.1, 0.15) is 12.7 Å². The zero-order valence-electron chi connectivity index (χ0n) is 40.0. The van der Waals surface area contributed by atoms with E-state index in [4.69, 9.17) is 23.3 Å². The predicted octanol–water partition coefficient (Wildman–Crippen LogP) is 13.6. The van der Waals surface area contributed by atoms with Crippen molar-refractivity contribution in [3.05, 3.63) is 85.1 Å². The summed E-state index contributed by atoms with van der Waals surface area (Å²) in [6.07, 6.45) is 50.1. The third kappa shape index (κ3) is 43.9. The first-order valence-electron chi connectivity index (χ1n) is 24.5. The molecule has 64 heavy (non-hydrogen) atoms. The van der Waals surface area contributed by atoms with E-state index in [9.17, 15) is 28.9 Å². The summed E-state index contributed by atoms with van der Waals surface area (Å²) in [5, 5.41) is 9.74. The number of aliphatic hydroxyl groups is 1. The molecule has 0 aromatic rings. The molecule has 3 unspecified atom stereocenters. The lowest BCUT2D eigenvalue weighted by molar-refractivity contribution is -0.161. The number of carbonyl (C=O) groups excluding carboxylic acids is 3. The Hall–Kier alpha value is -3.34. The van der Waals surface area contributed by atoms with Gasteiger partial charge in [0, 0.05) is 19.3 Å². The Labute approximate surface area is 388 Å². The van der Waals surface area contributed by atoms with Crippen LogP contribution in [0.1, 0.15) is 188 Å². The Kier molecular flexibility index (Phi) is 43.8. The zero-order valence-corrected chi connectivity index (χ0v) is 40.9. The van der Waals surface area contributed by atoms with Gasteiger partial charge in [-0.25, -0.2) is 4.57 Å². The third-order valence-electron chi connectivity index (χ3n) is 9.83. The number of ether oxygens (including phenoxy) is 3. The number of phosphoric ester groups is 1. The molecule has 2 N–H and O–H groups in total. The molecule has 0 saturated carbocycles. The Morgan fingerprint density at radius 2 is 0.844 bits per heavy atom. The van der Waals surface area contributed by atoms with Crippen LogP contribution in [-0.2, 0) is 42.2 Å². The average molecular weight is 919 g/mol. The molecular formula is C52H87O11P. The summed E-state index contributed by atoms with van der Waals surface area (Å²) in [5.41, 5.74) is 0. The molecular weight excluding hydrogens is 832 g/mol. The van der Waals surface area contributed by atoms with Gasteiger partial charge in [-0.2, -0.15) is 0 Å². The number of hydrogen-bond acceptors (Lipinski definition) is 10. The normalized spacial score (nSPS) is 14.3. The number of aliphatic hydroxyl groups excluding tert-OH is 1. The van der Waals surface area contributed by atoms with Gasteiger partial charge < -0.3 is 24.2 Å². The van der Waals surface area contributed by atoms with Crippen molar-refractivity contribution in [2.24, 2.45) is 0 Å². The summed E-state index contributed by atoms with van der Waals surface area (Å²) in [4.78, 5) is 48.1. The average Bonchev–Trinajstić information content (AvgIpc) is 3.28. The summed E-state index contributed by atoms with van der Waals surface area (Å²) in [6.45, 7) is 4.25. The Balaban J connectivity index is 4.89. The molecule has 0 bridgehead atoms. The lowest BCUT2D eigenvalue weighted by atomic mass is 10.1. The molecule has 366 valence electrons. The molecule has 0 fully saturated rings. The van der Waals surface area contributed by atoms with Crippen molar-refractivity contribution in [2.45, 2.75) is 200 Å². The minimum absolute atomic E-state index is 0.0961. The largest absolute Gasteiger partial charge is 0.472 e. The van der Waals surface area contributed by atoms with E-state index in [1.54, 1.807) is 0 Å². The molecule has 0 rings (SSSR count). The van der Waals surface area contributed by atoms with Crippen LogP contribution >= 0.6 is 7.82 Å². The first-order chi connectivity index (χ1) is 31.2. The fourth-order valence-corrected chi connectivity index (χ4v) is 6.93. The van der Waals surface area contributed by atoms with Crippen molar-refractivity contribution in [3.8, 4) is 0 Å². The minimum atomic E-state index is -4.76. The van der Waals surface area contributed by atoms with Crippen molar-refractivity contribution < 1.29 is 52.2 Å². The molecule has 0 heterocycles. The fraction of sp³-hybridized carbons (Fsp3) is 0.673. The van der Waals surface area contributed by atoms with Gasteiger partial charge >= 0.3 is 25.7 Å². The topological polar surface area (TPSA) is 155 Å². The number of phosphoric acid groups is 1. The summed E-state index contributed by atoms with van der Waals surface area (Å²) in [5.74, 6) is -1.61. The van der Waals surface area contributed by atoms with Gasteiger partial charge in [-0.05, 0) is 77.0 Å². The Morgan fingerprint density at radius 3 is 1.31 bits per heavy atom. The lowest BCUT2D eigenvalue weighted by Gasteiger charge is -2.21. The van der Waals surface area contributed by atoms with E-state index in [1.807, 2.05) is 12.2 Å². The van der Waals surface area contributed by atoms with Crippen LogP contribution in [0.15, 0.2) is 85.1 Å². The number of allylic oxidation sites excluding steroid dienone is 14. The van der Waals surface area contributed by atoms with Crippen molar-refractivity contribution in [3.63, 3.8) is 0 Å². The molecule has 12 heteroatoms. The molecule has 0 aromatic carbocycles. The predicted molar refractivity (Wildman–Crippen MR) is 261 cm³/mol. The van der Waals surface area contributed by atoms with Crippen LogP contribution in [0.4, 0.5) is 0 Å². The third-order valence-corrected chi connectivity index (χ3v) is 10.8. The monoisotopic (exact) mass is 919 g/mol. The van der Waals surface area contributed by atoms with E-state index in [0.29, 0.717) is 19.3 Å². The summed E-state index contributed by atoms with van der Waals surface area (Å²) in [7, 11) is -4.76. The van der Waals surface area contributed by atoms with Crippen LogP contribution in [0.5, 0.6) is 0 Å². The molecule has 11 nitrogen and oxygen atoms in total. The maximum Gasteiger partial charge on any atom is 0.472 e. The highest BCUT2D eigenvalue weighted by molar-refractivity contribution is 7.47. The zero-order chi connectivity index (χ0) is 47.0. The SMILES string of the molecule is CC/C=C\C/C=C\C/C=C\C/C=C\CCC(=O)OCC(COP(=O)(O)OCC(CO)OC(=O)CCCCCCCCCCCCC)OC(=O)CCCCC/C=C\C/C=C\C/C=C\CC. The van der Waals surface area contributed by atoms with Crippen LogP contribution < -0.4 is 0 Å². The van der Waals surface area contributed by atoms with Crippen LogP contribution in [0.2, 0.25) is 0 Å². The van der Waals surface area contributed by atoms with E-state index < -0.39 is 57.8 Å². The van der Waals surface area contributed by atoms with Gasteiger partial charge in [-0.1, -0.05) is 176 Å². The molecule has 0 amide bonds. The number of carbonyl (C=O) groups is 3. The van der Waals surface area contributed by atoms with Crippen molar-refractivity contribution in [1.29, 1.82) is 0 Å². The minimum Gasteiger partial charge on any atom is -0.462 e. The van der Waals surface area contributed by atoms with Crippen molar-refractivity contribution in [2.75, 3.05) is 26.4 Å². The van der Waals surface area contributed by atoms with E-state index in [2.05, 4.69) is 93.7 Å². The second-order valence-electron chi connectivity index (χ2n) is 15.9. The first-order valence-corrected chi connectivity index (χ1v) is 26.0. The quantitative estimate of drug-likeness (QED) is 0.0197. The van der Waals surface area contributed by atoms with Crippen LogP contribution in [0.25, 0.3) is 0 Å². The first kappa shape index (κ1) is 60.7. The Morgan fingerprint density at radius 1 is 0.453 bits per heavy atom. The smallest absolute Gasteiger partial charge is 0.462 e. The molecule has 0 aliphatic rings. The maximum absolute atomic E-state index is 12.8. The van der Waals surface area contributed by atoms with Crippen molar-refractivity contribution in [1.82, 2.24) is 0 Å². The molecule has 0 radical (unpaired) electrons. The molecule has 0 aliphatic carbocycles. The number of hydrogen-bond donors (Lipinski definition) is 2. The second-order valence-corrected chi connectivity index (χ2v) is 17.3. The number of esters is 3. The van der Waals surface area contributed by atoms with Crippen LogP contribution in [-0.4, -0.2) is 66.5 Å². The number of unbranched alkanes of at least 4 members (excludes halogenated alkanes) is 13. The van der Waals surface area contributed by atoms with E-state index in [-0.39, 0.29) is 25.9 Å². The number of rotatable bonds is 44. The molecule has 0 saturated heterocycles. The van der Waals surface area contributed by atoms with E-state index in [1.165, 1.54) is 44.9 Å². The molecule has 0 aromatic heterocycles. The van der Waals surface area contributed by atoms with Gasteiger partial charge in [-0.15, -0.1) is 0 Å². The fourth-order valence-electron chi connectivity index (χ4n) is 6.15. The summed E-state index contributed by atoms with van der Waals surface area (Å²) >= 11 is 0. The van der Waals surface area contributed by atoms with Gasteiger partial charge in [0.15, 0.2) is 6.10 Å². The standard InChI is InChI=1S/C52H87O11P/c1-4-7-10-13-16-19-22-24-27-29-32-35-38-41-50(54)59-45-49(63-52(56)43-40-37-34-31-28-25-23-20-17-14-11-8-5-2)47-61-64(57,58)60-46-48(44-53)62-51(55)42-39-36-33-30-26-21-18-15-12-9-6-3/h7-8,10-11,16-17,19-20,24-25,27-28,32,35,48-49,53H,4-6,9,12-15,18,21-23,26,29-31,33-34,36-47H2,1-3H3,(H,57,58)/b10-7-,11-8-,19-16-,20-17-,27-24-,28-25-,35-32-. The highest BCUT2D eigenvalue weighted by atomic mass is 31.2. The van der Waals surface area contributed by atoms with Gasteiger partial charge in [0.2, 0.25) is 0 Å². The van der Waals surface area contributed by atoms with Gasteiger partial charge in [0.25, 0.3) is 0 Å². The summed E-state index contributed by atoms with van der Waals surface area (Å²) in [6, 6.07) is 0. The maximum atomic E-state index is 12.8. The molecule has 0 aliphatic heterocycles.